The van der Waals surface area contributed by atoms with Gasteiger partial charge in [-0.25, -0.2) is 4.79 Å². The number of hydrogen-bond acceptors (Lipinski definition) is 7. The van der Waals surface area contributed by atoms with Gasteiger partial charge >= 0.3 is 6.09 Å². The molecule has 0 aliphatic carbocycles. The van der Waals surface area contributed by atoms with Crippen molar-refractivity contribution in [2.75, 3.05) is 39.3 Å². The van der Waals surface area contributed by atoms with E-state index in [0.29, 0.717) is 6.61 Å². The number of benzene rings is 4. The van der Waals surface area contributed by atoms with Gasteiger partial charge in [0.1, 0.15) is 12.6 Å². The second kappa shape index (κ2) is 18.8. The van der Waals surface area contributed by atoms with E-state index in [0.717, 1.165) is 65.7 Å². The van der Waals surface area contributed by atoms with E-state index in [9.17, 15) is 14.4 Å². The summed E-state index contributed by atoms with van der Waals surface area (Å²) in [6.07, 6.45) is 2.81. The molecule has 1 fully saturated rings. The number of carbonyl (C=O) groups is 3. The monoisotopic (exact) mass is 677 g/mol. The van der Waals surface area contributed by atoms with E-state index in [-0.39, 0.29) is 36.9 Å². The van der Waals surface area contributed by atoms with Crippen molar-refractivity contribution in [2.24, 2.45) is 0 Å². The standard InChI is InChI=1S/C41H47N3O6/c1-48-28-38(46)43-36-20-12-11-14-30(36)21-23-34-27-50-35(26-42-34)24-22-29-13-9-10-19-33(29)25-37(45)40(44-41(47)49-2)39(31-15-5-3-6-16-31)32-17-7-4-8-18-32/h3-20,34-35,39-40,42H,21-28H2,1-2H3,(H,43,46)(H,44,47)/t34-,35-,40-/m1/s1. The lowest BCUT2D eigenvalue weighted by Gasteiger charge is -2.31. The zero-order valence-electron chi connectivity index (χ0n) is 28.8. The highest BCUT2D eigenvalue weighted by atomic mass is 16.5. The van der Waals surface area contributed by atoms with Crippen LogP contribution in [0.15, 0.2) is 109 Å². The van der Waals surface area contributed by atoms with Crippen LogP contribution in [0, 0.1) is 0 Å². The number of hydrogen-bond donors (Lipinski definition) is 3. The molecule has 0 radical (unpaired) electrons. The molecule has 1 aliphatic rings. The van der Waals surface area contributed by atoms with Crippen molar-refractivity contribution in [2.45, 2.75) is 56.2 Å². The van der Waals surface area contributed by atoms with Crippen molar-refractivity contribution in [3.63, 3.8) is 0 Å². The SMILES string of the molecule is COCC(=O)Nc1ccccc1CC[C@@H]1CO[C@H](CCc2ccccc2CC(=O)[C@@H](NC(=O)OC)C(c2ccccc2)c2ccccc2)CN1. The molecule has 262 valence electrons. The highest BCUT2D eigenvalue weighted by Crippen LogP contribution is 2.30. The van der Waals surface area contributed by atoms with Gasteiger partial charge in [-0.05, 0) is 59.6 Å². The third-order valence-corrected chi connectivity index (χ3v) is 9.17. The summed E-state index contributed by atoms with van der Waals surface area (Å²) < 4.78 is 16.2. The molecule has 1 saturated heterocycles. The Morgan fingerprint density at radius 2 is 1.38 bits per heavy atom. The fourth-order valence-corrected chi connectivity index (χ4v) is 6.57. The number of para-hydroxylation sites is 1. The summed E-state index contributed by atoms with van der Waals surface area (Å²) in [5, 5.41) is 9.44. The fourth-order valence-electron chi connectivity index (χ4n) is 6.57. The second-order valence-electron chi connectivity index (χ2n) is 12.6. The second-order valence-corrected chi connectivity index (χ2v) is 12.6. The number of anilines is 1. The van der Waals surface area contributed by atoms with Crippen molar-refractivity contribution < 1.29 is 28.6 Å². The van der Waals surface area contributed by atoms with Crippen LogP contribution >= 0.6 is 0 Å². The van der Waals surface area contributed by atoms with Gasteiger partial charge in [-0.2, -0.15) is 0 Å². The molecule has 9 nitrogen and oxygen atoms in total. The Balaban J connectivity index is 1.19. The van der Waals surface area contributed by atoms with Gasteiger partial charge < -0.3 is 30.2 Å². The zero-order chi connectivity index (χ0) is 35.1. The summed E-state index contributed by atoms with van der Waals surface area (Å²) >= 11 is 0. The van der Waals surface area contributed by atoms with Gasteiger partial charge in [0.2, 0.25) is 5.91 Å². The predicted molar refractivity (Wildman–Crippen MR) is 194 cm³/mol. The Kier molecular flexibility index (Phi) is 13.7. The fraction of sp³-hybridized carbons (Fsp3) is 0.341. The number of methoxy groups -OCH3 is 2. The average molecular weight is 678 g/mol. The molecule has 0 aromatic heterocycles. The Labute approximate surface area is 294 Å². The van der Waals surface area contributed by atoms with Gasteiger partial charge in [-0.15, -0.1) is 0 Å². The lowest BCUT2D eigenvalue weighted by atomic mass is 9.81. The average Bonchev–Trinajstić information content (AvgIpc) is 3.15. The maximum absolute atomic E-state index is 14.2. The van der Waals surface area contributed by atoms with Crippen molar-refractivity contribution >= 4 is 23.5 Å². The molecular weight excluding hydrogens is 630 g/mol. The van der Waals surface area contributed by atoms with Gasteiger partial charge in [0.15, 0.2) is 5.78 Å². The first-order valence-corrected chi connectivity index (χ1v) is 17.2. The number of ketones is 1. The number of aryl methyl sites for hydroxylation is 2. The molecule has 4 aromatic carbocycles. The molecule has 1 heterocycles. The number of morpholine rings is 1. The molecule has 0 unspecified atom stereocenters. The largest absolute Gasteiger partial charge is 0.453 e. The Morgan fingerprint density at radius 1 is 0.780 bits per heavy atom. The maximum Gasteiger partial charge on any atom is 0.407 e. The summed E-state index contributed by atoms with van der Waals surface area (Å²) in [6, 6.07) is 34.8. The van der Waals surface area contributed by atoms with Gasteiger partial charge in [0, 0.05) is 37.7 Å². The quantitative estimate of drug-likeness (QED) is 0.136. The van der Waals surface area contributed by atoms with Crippen LogP contribution < -0.4 is 16.0 Å². The maximum atomic E-state index is 14.2. The van der Waals surface area contributed by atoms with Crippen LogP contribution in [0.5, 0.6) is 0 Å². The number of nitrogens with one attached hydrogen (secondary N) is 3. The third kappa shape index (κ3) is 10.3. The Bertz CT molecular complexity index is 1630. The van der Waals surface area contributed by atoms with Crippen LogP contribution in [0.4, 0.5) is 10.5 Å². The topological polar surface area (TPSA) is 115 Å². The molecule has 50 heavy (non-hydrogen) atoms. The molecule has 3 atom stereocenters. The lowest BCUT2D eigenvalue weighted by molar-refractivity contribution is -0.121. The van der Waals surface area contributed by atoms with Crippen LogP contribution in [-0.4, -0.2) is 69.9 Å². The normalized spacial score (nSPS) is 16.4. The molecule has 4 aromatic rings. The predicted octanol–water partition coefficient (Wildman–Crippen LogP) is 5.86. The van der Waals surface area contributed by atoms with E-state index in [1.165, 1.54) is 14.2 Å². The van der Waals surface area contributed by atoms with Gasteiger partial charge in [0.05, 0.1) is 19.8 Å². The Hall–Kier alpha value is -4.83. The molecule has 0 spiro atoms. The molecule has 5 rings (SSSR count). The third-order valence-electron chi connectivity index (χ3n) is 9.17. The number of carbonyl (C=O) groups excluding carboxylic acids is 3. The first-order chi connectivity index (χ1) is 24.4. The first-order valence-electron chi connectivity index (χ1n) is 17.2. The first kappa shape index (κ1) is 36.5. The van der Waals surface area contributed by atoms with E-state index < -0.39 is 18.1 Å². The van der Waals surface area contributed by atoms with Crippen LogP contribution in [0.25, 0.3) is 0 Å². The zero-order valence-corrected chi connectivity index (χ0v) is 28.8. The minimum absolute atomic E-state index is 0.0185. The van der Waals surface area contributed by atoms with Crippen LogP contribution in [0.1, 0.15) is 46.6 Å². The van der Waals surface area contributed by atoms with Crippen molar-refractivity contribution in [3.8, 4) is 0 Å². The number of Topliss-reactive ketones (excluding diaryl/α,β-unsaturated/α-hetero) is 1. The number of amides is 2. The summed E-state index contributed by atoms with van der Waals surface area (Å²) in [4.78, 5) is 38.8. The van der Waals surface area contributed by atoms with E-state index in [1.54, 1.807) is 0 Å². The van der Waals surface area contributed by atoms with Gasteiger partial charge in [-0.1, -0.05) is 103 Å². The summed E-state index contributed by atoms with van der Waals surface area (Å²) in [5.74, 6) is -0.665. The lowest BCUT2D eigenvalue weighted by Crippen LogP contribution is -2.46. The Morgan fingerprint density at radius 3 is 2.00 bits per heavy atom. The van der Waals surface area contributed by atoms with E-state index in [1.807, 2.05) is 103 Å². The van der Waals surface area contributed by atoms with E-state index in [4.69, 9.17) is 14.2 Å². The van der Waals surface area contributed by atoms with Crippen molar-refractivity contribution in [3.05, 3.63) is 137 Å². The highest BCUT2D eigenvalue weighted by molar-refractivity contribution is 5.92. The van der Waals surface area contributed by atoms with Crippen molar-refractivity contribution in [1.29, 1.82) is 0 Å². The van der Waals surface area contributed by atoms with Crippen LogP contribution in [0.2, 0.25) is 0 Å². The highest BCUT2D eigenvalue weighted by Gasteiger charge is 2.33. The molecule has 0 saturated carbocycles. The molecular formula is C41H47N3O6. The summed E-state index contributed by atoms with van der Waals surface area (Å²) in [5.41, 5.74) is 5.78. The van der Waals surface area contributed by atoms with Crippen LogP contribution in [-0.2, 0) is 43.1 Å². The molecule has 9 heteroatoms. The minimum Gasteiger partial charge on any atom is -0.453 e. The van der Waals surface area contributed by atoms with Crippen LogP contribution in [0.3, 0.4) is 0 Å². The van der Waals surface area contributed by atoms with Gasteiger partial charge in [-0.3, -0.25) is 9.59 Å². The minimum atomic E-state index is -0.836. The summed E-state index contributed by atoms with van der Waals surface area (Å²) in [7, 11) is 2.81. The molecule has 2 amide bonds. The number of alkyl carbamates (subject to hydrolysis) is 1. The van der Waals surface area contributed by atoms with E-state index in [2.05, 4.69) is 22.0 Å². The molecule has 3 N–H and O–H groups in total. The van der Waals surface area contributed by atoms with Gasteiger partial charge in [0.25, 0.3) is 0 Å². The summed E-state index contributed by atoms with van der Waals surface area (Å²) in [6.45, 7) is 1.35. The number of rotatable bonds is 16. The molecule has 0 bridgehead atoms. The van der Waals surface area contributed by atoms with E-state index >= 15 is 0 Å². The number of ether oxygens (including phenoxy) is 3. The molecule has 1 aliphatic heterocycles. The van der Waals surface area contributed by atoms with Crippen molar-refractivity contribution in [1.82, 2.24) is 10.6 Å². The smallest absolute Gasteiger partial charge is 0.407 e.